The first-order valence-corrected chi connectivity index (χ1v) is 5.92. The molecule has 16 heavy (non-hydrogen) atoms. The number of carbonyl (C=O) groups excluding carboxylic acids is 2. The number of likely N-dealkylation sites (N-methyl/N-ethyl adjacent to an activating group) is 1. The van der Waals surface area contributed by atoms with Gasteiger partial charge in [0.05, 0.1) is 6.54 Å². The Morgan fingerprint density at radius 3 is 2.75 bits per heavy atom. The molecule has 0 radical (unpaired) electrons. The van der Waals surface area contributed by atoms with Crippen LogP contribution < -0.4 is 10.6 Å². The third-order valence-electron chi connectivity index (χ3n) is 3.12. The average molecular weight is 225 g/mol. The SMILES string of the molecule is CN1CC(NCC(=O)NC2CC2)CCC1=O. The van der Waals surface area contributed by atoms with Crippen LogP contribution in [0.4, 0.5) is 0 Å². The molecule has 2 rings (SSSR count). The Morgan fingerprint density at radius 1 is 1.38 bits per heavy atom. The number of likely N-dealkylation sites (tertiary alicyclic amines) is 1. The molecule has 1 heterocycles. The highest BCUT2D eigenvalue weighted by Gasteiger charge is 2.25. The predicted molar refractivity (Wildman–Crippen MR) is 59.8 cm³/mol. The van der Waals surface area contributed by atoms with Crippen LogP contribution in [0.15, 0.2) is 0 Å². The Labute approximate surface area is 95.6 Å². The third kappa shape index (κ3) is 3.20. The molecule has 1 aliphatic heterocycles. The molecule has 0 aromatic carbocycles. The summed E-state index contributed by atoms with van der Waals surface area (Å²) in [6.07, 6.45) is 3.65. The second kappa shape index (κ2) is 4.82. The van der Waals surface area contributed by atoms with E-state index >= 15 is 0 Å². The summed E-state index contributed by atoms with van der Waals surface area (Å²) in [4.78, 5) is 24.4. The van der Waals surface area contributed by atoms with Gasteiger partial charge in [0, 0.05) is 32.1 Å². The van der Waals surface area contributed by atoms with Gasteiger partial charge in [0.15, 0.2) is 0 Å². The summed E-state index contributed by atoms with van der Waals surface area (Å²) in [5.74, 6) is 0.266. The highest BCUT2D eigenvalue weighted by molar-refractivity contribution is 5.79. The zero-order chi connectivity index (χ0) is 11.5. The van der Waals surface area contributed by atoms with E-state index in [0.717, 1.165) is 19.3 Å². The van der Waals surface area contributed by atoms with Crippen LogP contribution >= 0.6 is 0 Å². The number of nitrogens with zero attached hydrogens (tertiary/aromatic N) is 1. The molecule has 0 spiro atoms. The fourth-order valence-corrected chi connectivity index (χ4v) is 1.92. The Hall–Kier alpha value is -1.10. The van der Waals surface area contributed by atoms with Crippen LogP contribution in [-0.2, 0) is 9.59 Å². The molecular formula is C11H19N3O2. The maximum atomic E-state index is 11.4. The van der Waals surface area contributed by atoms with Gasteiger partial charge in [0.2, 0.25) is 11.8 Å². The molecule has 1 saturated heterocycles. The summed E-state index contributed by atoms with van der Waals surface area (Å²) >= 11 is 0. The van der Waals surface area contributed by atoms with Gasteiger partial charge in [-0.1, -0.05) is 0 Å². The molecule has 0 bridgehead atoms. The lowest BCUT2D eigenvalue weighted by Gasteiger charge is -2.30. The van der Waals surface area contributed by atoms with Crippen molar-refractivity contribution in [1.82, 2.24) is 15.5 Å². The van der Waals surface area contributed by atoms with Gasteiger partial charge in [-0.05, 0) is 19.3 Å². The van der Waals surface area contributed by atoms with Gasteiger partial charge >= 0.3 is 0 Å². The summed E-state index contributed by atoms with van der Waals surface area (Å²) in [6.45, 7) is 1.07. The molecular weight excluding hydrogens is 206 g/mol. The predicted octanol–water partition coefficient (Wildman–Crippen LogP) is -0.525. The molecule has 1 unspecified atom stereocenters. The lowest BCUT2D eigenvalue weighted by Crippen LogP contribution is -2.49. The third-order valence-corrected chi connectivity index (χ3v) is 3.12. The van der Waals surface area contributed by atoms with E-state index in [1.807, 2.05) is 0 Å². The largest absolute Gasteiger partial charge is 0.352 e. The van der Waals surface area contributed by atoms with Crippen molar-refractivity contribution in [2.24, 2.45) is 0 Å². The van der Waals surface area contributed by atoms with Crippen molar-refractivity contribution in [3.05, 3.63) is 0 Å². The molecule has 2 fully saturated rings. The normalized spacial score (nSPS) is 25.7. The maximum absolute atomic E-state index is 11.4. The van der Waals surface area contributed by atoms with Crippen LogP contribution in [0, 0.1) is 0 Å². The van der Waals surface area contributed by atoms with E-state index in [1.54, 1.807) is 11.9 Å². The Balaban J connectivity index is 1.65. The number of rotatable bonds is 4. The van der Waals surface area contributed by atoms with Crippen LogP contribution in [0.5, 0.6) is 0 Å². The fourth-order valence-electron chi connectivity index (χ4n) is 1.92. The number of nitrogens with one attached hydrogen (secondary N) is 2. The van der Waals surface area contributed by atoms with Crippen LogP contribution in [-0.4, -0.2) is 48.9 Å². The molecule has 90 valence electrons. The van der Waals surface area contributed by atoms with Gasteiger partial charge in [-0.25, -0.2) is 0 Å². The molecule has 1 aliphatic carbocycles. The molecule has 2 amide bonds. The minimum Gasteiger partial charge on any atom is -0.352 e. The minimum absolute atomic E-state index is 0.0713. The van der Waals surface area contributed by atoms with Crippen molar-refractivity contribution >= 4 is 11.8 Å². The van der Waals surface area contributed by atoms with Crippen LogP contribution in [0.2, 0.25) is 0 Å². The van der Waals surface area contributed by atoms with E-state index in [1.165, 1.54) is 0 Å². The van der Waals surface area contributed by atoms with Gasteiger partial charge in [-0.3, -0.25) is 9.59 Å². The first-order valence-electron chi connectivity index (χ1n) is 5.92. The Bertz CT molecular complexity index is 289. The van der Waals surface area contributed by atoms with Crippen molar-refractivity contribution < 1.29 is 9.59 Å². The van der Waals surface area contributed by atoms with E-state index in [4.69, 9.17) is 0 Å². The number of amides is 2. The van der Waals surface area contributed by atoms with Gasteiger partial charge in [0.1, 0.15) is 0 Å². The lowest BCUT2D eigenvalue weighted by molar-refractivity contribution is -0.132. The van der Waals surface area contributed by atoms with Crippen molar-refractivity contribution in [3.8, 4) is 0 Å². The molecule has 0 aromatic heterocycles. The molecule has 2 aliphatic rings. The van der Waals surface area contributed by atoms with Gasteiger partial charge in [0.25, 0.3) is 0 Å². The molecule has 5 heteroatoms. The zero-order valence-electron chi connectivity index (χ0n) is 9.66. The smallest absolute Gasteiger partial charge is 0.234 e. The number of hydrogen-bond donors (Lipinski definition) is 2. The van der Waals surface area contributed by atoms with Crippen molar-refractivity contribution in [2.75, 3.05) is 20.1 Å². The van der Waals surface area contributed by atoms with Crippen LogP contribution in [0.25, 0.3) is 0 Å². The fraction of sp³-hybridized carbons (Fsp3) is 0.818. The molecule has 1 atom stereocenters. The second-order valence-corrected chi connectivity index (χ2v) is 4.73. The summed E-state index contributed by atoms with van der Waals surface area (Å²) in [7, 11) is 1.81. The highest BCUT2D eigenvalue weighted by atomic mass is 16.2. The number of hydrogen-bond acceptors (Lipinski definition) is 3. The van der Waals surface area contributed by atoms with Crippen molar-refractivity contribution in [3.63, 3.8) is 0 Å². The van der Waals surface area contributed by atoms with E-state index < -0.39 is 0 Å². The second-order valence-electron chi connectivity index (χ2n) is 4.73. The standard InChI is InChI=1S/C11H19N3O2/c1-14-7-9(4-5-11(14)16)12-6-10(15)13-8-2-3-8/h8-9,12H,2-7H2,1H3,(H,13,15). The Kier molecular flexibility index (Phi) is 3.43. The monoisotopic (exact) mass is 225 g/mol. The molecule has 2 N–H and O–H groups in total. The van der Waals surface area contributed by atoms with Crippen LogP contribution in [0.3, 0.4) is 0 Å². The average Bonchev–Trinajstić information content (AvgIpc) is 3.04. The van der Waals surface area contributed by atoms with Gasteiger partial charge in [-0.2, -0.15) is 0 Å². The minimum atomic E-state index is 0.0713. The van der Waals surface area contributed by atoms with Gasteiger partial charge < -0.3 is 15.5 Å². The number of piperidine rings is 1. The first-order chi connectivity index (χ1) is 7.65. The Morgan fingerprint density at radius 2 is 2.12 bits per heavy atom. The number of carbonyl (C=O) groups is 2. The molecule has 5 nitrogen and oxygen atoms in total. The van der Waals surface area contributed by atoms with Crippen LogP contribution in [0.1, 0.15) is 25.7 Å². The summed E-state index contributed by atoms with van der Waals surface area (Å²) < 4.78 is 0. The summed E-state index contributed by atoms with van der Waals surface area (Å²) in [6, 6.07) is 0.678. The van der Waals surface area contributed by atoms with Crippen molar-refractivity contribution in [1.29, 1.82) is 0 Å². The lowest BCUT2D eigenvalue weighted by atomic mass is 10.1. The molecule has 1 saturated carbocycles. The van der Waals surface area contributed by atoms with E-state index in [0.29, 0.717) is 25.6 Å². The van der Waals surface area contributed by atoms with E-state index in [-0.39, 0.29) is 17.9 Å². The van der Waals surface area contributed by atoms with E-state index in [9.17, 15) is 9.59 Å². The van der Waals surface area contributed by atoms with E-state index in [2.05, 4.69) is 10.6 Å². The molecule has 0 aromatic rings. The quantitative estimate of drug-likeness (QED) is 0.676. The van der Waals surface area contributed by atoms with Gasteiger partial charge in [-0.15, -0.1) is 0 Å². The van der Waals surface area contributed by atoms with Crippen molar-refractivity contribution in [2.45, 2.75) is 37.8 Å². The topological polar surface area (TPSA) is 61.4 Å². The highest BCUT2D eigenvalue weighted by Crippen LogP contribution is 2.18. The summed E-state index contributed by atoms with van der Waals surface area (Å²) in [5, 5.41) is 6.13. The first kappa shape index (κ1) is 11.4. The maximum Gasteiger partial charge on any atom is 0.234 e. The summed E-state index contributed by atoms with van der Waals surface area (Å²) in [5.41, 5.74) is 0. The zero-order valence-corrected chi connectivity index (χ0v) is 9.66.